The second kappa shape index (κ2) is 5.63. The molecule has 1 aromatic carbocycles. The fraction of sp³-hybridized carbons (Fsp3) is 0.600. The van der Waals surface area contributed by atoms with Crippen LogP contribution in [-0.2, 0) is 0 Å². The van der Waals surface area contributed by atoms with Gasteiger partial charge in [0, 0.05) is 12.1 Å². The van der Waals surface area contributed by atoms with Gasteiger partial charge in [-0.1, -0.05) is 31.9 Å². The average Bonchev–Trinajstić information content (AvgIpc) is 2.76. The molecule has 0 spiro atoms. The van der Waals surface area contributed by atoms with Crippen LogP contribution in [0.4, 0.5) is 4.39 Å². The van der Waals surface area contributed by atoms with E-state index in [1.54, 1.807) is 12.1 Å². The third-order valence-electron chi connectivity index (χ3n) is 4.00. The molecule has 0 heterocycles. The van der Waals surface area contributed by atoms with Crippen molar-refractivity contribution in [2.45, 2.75) is 51.6 Å². The summed E-state index contributed by atoms with van der Waals surface area (Å²) in [6.07, 6.45) is 5.17. The smallest absolute Gasteiger partial charge is 0.123 e. The largest absolute Gasteiger partial charge is 0.307 e. The highest BCUT2D eigenvalue weighted by Gasteiger charge is 2.26. The van der Waals surface area contributed by atoms with Crippen molar-refractivity contribution in [3.05, 3.63) is 35.6 Å². The highest BCUT2D eigenvalue weighted by molar-refractivity contribution is 5.19. The Balaban J connectivity index is 1.99. The Morgan fingerprint density at radius 3 is 2.94 bits per heavy atom. The summed E-state index contributed by atoms with van der Waals surface area (Å²) in [7, 11) is 0. The van der Waals surface area contributed by atoms with E-state index in [4.69, 9.17) is 0 Å². The van der Waals surface area contributed by atoms with Crippen molar-refractivity contribution in [2.24, 2.45) is 5.92 Å². The molecule has 1 saturated carbocycles. The van der Waals surface area contributed by atoms with E-state index in [0.29, 0.717) is 6.04 Å². The van der Waals surface area contributed by atoms with E-state index in [1.807, 2.05) is 6.07 Å². The van der Waals surface area contributed by atoms with E-state index in [2.05, 4.69) is 19.2 Å². The Bertz CT molecular complexity index is 364. The molecule has 0 radical (unpaired) electrons. The molecule has 2 heteroatoms. The fourth-order valence-electron chi connectivity index (χ4n) is 2.94. The average molecular weight is 235 g/mol. The van der Waals surface area contributed by atoms with Gasteiger partial charge in [0.15, 0.2) is 0 Å². The molecule has 1 nitrogen and oxygen atoms in total. The fourth-order valence-corrected chi connectivity index (χ4v) is 2.94. The van der Waals surface area contributed by atoms with Crippen LogP contribution in [0.5, 0.6) is 0 Å². The summed E-state index contributed by atoms with van der Waals surface area (Å²) in [6, 6.07) is 7.76. The molecule has 17 heavy (non-hydrogen) atoms. The van der Waals surface area contributed by atoms with Gasteiger partial charge in [0.2, 0.25) is 0 Å². The van der Waals surface area contributed by atoms with Crippen LogP contribution in [0.15, 0.2) is 24.3 Å². The van der Waals surface area contributed by atoms with Gasteiger partial charge in [-0.15, -0.1) is 0 Å². The van der Waals surface area contributed by atoms with Crippen LogP contribution < -0.4 is 5.32 Å². The zero-order chi connectivity index (χ0) is 12.3. The zero-order valence-corrected chi connectivity index (χ0v) is 10.7. The summed E-state index contributed by atoms with van der Waals surface area (Å²) in [5.74, 6) is 0.653. The van der Waals surface area contributed by atoms with Gasteiger partial charge in [0.05, 0.1) is 0 Å². The third kappa shape index (κ3) is 3.06. The molecule has 1 aromatic rings. The molecule has 1 aliphatic carbocycles. The van der Waals surface area contributed by atoms with Gasteiger partial charge in [-0.25, -0.2) is 4.39 Å². The van der Waals surface area contributed by atoms with E-state index < -0.39 is 0 Å². The Morgan fingerprint density at radius 2 is 2.24 bits per heavy atom. The van der Waals surface area contributed by atoms with E-state index in [1.165, 1.54) is 31.7 Å². The lowest BCUT2D eigenvalue weighted by Crippen LogP contribution is -2.34. The van der Waals surface area contributed by atoms with Gasteiger partial charge in [-0.05, 0) is 43.4 Å². The van der Waals surface area contributed by atoms with E-state index in [9.17, 15) is 4.39 Å². The van der Waals surface area contributed by atoms with Crippen molar-refractivity contribution in [1.29, 1.82) is 0 Å². The van der Waals surface area contributed by atoms with Crippen LogP contribution in [0, 0.1) is 11.7 Å². The monoisotopic (exact) mass is 235 g/mol. The first-order valence-corrected chi connectivity index (χ1v) is 6.72. The number of hydrogen-bond donors (Lipinski definition) is 1. The Labute approximate surface area is 103 Å². The van der Waals surface area contributed by atoms with Gasteiger partial charge in [0.25, 0.3) is 0 Å². The summed E-state index contributed by atoms with van der Waals surface area (Å²) in [6.45, 7) is 4.39. The highest BCUT2D eigenvalue weighted by Crippen LogP contribution is 2.30. The van der Waals surface area contributed by atoms with Crippen molar-refractivity contribution >= 4 is 0 Å². The van der Waals surface area contributed by atoms with Gasteiger partial charge < -0.3 is 5.32 Å². The Hall–Kier alpha value is -0.890. The van der Waals surface area contributed by atoms with Crippen molar-refractivity contribution in [1.82, 2.24) is 5.32 Å². The molecule has 1 aliphatic rings. The van der Waals surface area contributed by atoms with Crippen LogP contribution in [0.1, 0.15) is 51.1 Å². The molecule has 2 rings (SSSR count). The summed E-state index contributed by atoms with van der Waals surface area (Å²) in [4.78, 5) is 0. The van der Waals surface area contributed by atoms with E-state index in [-0.39, 0.29) is 11.9 Å². The van der Waals surface area contributed by atoms with Crippen LogP contribution in [0.25, 0.3) is 0 Å². The predicted octanol–water partition coefficient (Wildman–Crippen LogP) is 4.06. The first-order chi connectivity index (χ1) is 8.20. The maximum Gasteiger partial charge on any atom is 0.123 e. The number of halogens is 1. The molecule has 3 unspecified atom stereocenters. The van der Waals surface area contributed by atoms with Crippen molar-refractivity contribution in [3.8, 4) is 0 Å². The lowest BCUT2D eigenvalue weighted by molar-refractivity contribution is 0.360. The molecular weight excluding hydrogens is 213 g/mol. The van der Waals surface area contributed by atoms with Crippen molar-refractivity contribution < 1.29 is 4.39 Å². The van der Waals surface area contributed by atoms with Crippen LogP contribution in [0.3, 0.4) is 0 Å². The molecule has 0 amide bonds. The third-order valence-corrected chi connectivity index (χ3v) is 4.00. The van der Waals surface area contributed by atoms with Crippen molar-refractivity contribution in [2.75, 3.05) is 0 Å². The van der Waals surface area contributed by atoms with Crippen LogP contribution in [0.2, 0.25) is 0 Å². The summed E-state index contributed by atoms with van der Waals surface area (Å²) in [5.41, 5.74) is 1.05. The topological polar surface area (TPSA) is 12.0 Å². The minimum Gasteiger partial charge on any atom is -0.307 e. The van der Waals surface area contributed by atoms with Gasteiger partial charge >= 0.3 is 0 Å². The second-order valence-corrected chi connectivity index (χ2v) is 5.15. The number of rotatable bonds is 4. The minimum absolute atomic E-state index is 0.144. The summed E-state index contributed by atoms with van der Waals surface area (Å²) >= 11 is 0. The van der Waals surface area contributed by atoms with Gasteiger partial charge in [-0.3, -0.25) is 0 Å². The standard InChI is InChI=1S/C15H22FN/c1-3-12-6-5-9-15(12)17-11(2)13-7-4-8-14(16)10-13/h4,7-8,10-12,15,17H,3,5-6,9H2,1-2H3. The number of benzene rings is 1. The maximum atomic E-state index is 13.2. The van der Waals surface area contributed by atoms with Crippen LogP contribution >= 0.6 is 0 Å². The molecular formula is C15H22FN. The maximum absolute atomic E-state index is 13.2. The minimum atomic E-state index is -0.144. The molecule has 1 fully saturated rings. The normalized spacial score (nSPS) is 26.1. The number of hydrogen-bond acceptors (Lipinski definition) is 1. The lowest BCUT2D eigenvalue weighted by Gasteiger charge is -2.24. The Morgan fingerprint density at radius 1 is 1.41 bits per heavy atom. The Kier molecular flexibility index (Phi) is 4.16. The summed E-state index contributed by atoms with van der Waals surface area (Å²) in [5, 5.41) is 3.66. The lowest BCUT2D eigenvalue weighted by atomic mass is 9.98. The highest BCUT2D eigenvalue weighted by atomic mass is 19.1. The van der Waals surface area contributed by atoms with Crippen LogP contribution in [-0.4, -0.2) is 6.04 Å². The molecule has 3 atom stereocenters. The predicted molar refractivity (Wildman–Crippen MR) is 69.4 cm³/mol. The van der Waals surface area contributed by atoms with E-state index >= 15 is 0 Å². The summed E-state index contributed by atoms with van der Waals surface area (Å²) < 4.78 is 13.2. The van der Waals surface area contributed by atoms with Crippen molar-refractivity contribution in [3.63, 3.8) is 0 Å². The molecule has 1 N–H and O–H groups in total. The quantitative estimate of drug-likeness (QED) is 0.830. The first-order valence-electron chi connectivity index (χ1n) is 6.72. The second-order valence-electron chi connectivity index (χ2n) is 5.15. The molecule has 0 aliphatic heterocycles. The first kappa shape index (κ1) is 12.6. The van der Waals surface area contributed by atoms with Gasteiger partial charge in [-0.2, -0.15) is 0 Å². The molecule has 0 bridgehead atoms. The van der Waals surface area contributed by atoms with E-state index in [0.717, 1.165) is 11.5 Å². The van der Waals surface area contributed by atoms with Gasteiger partial charge in [0.1, 0.15) is 5.82 Å². The molecule has 94 valence electrons. The molecule has 0 aromatic heterocycles. The number of nitrogens with one attached hydrogen (secondary N) is 1. The SMILES string of the molecule is CCC1CCCC1NC(C)c1cccc(F)c1. The zero-order valence-electron chi connectivity index (χ0n) is 10.7. The molecule has 0 saturated heterocycles.